The second-order valence-electron chi connectivity index (χ2n) is 5.63. The lowest BCUT2D eigenvalue weighted by Gasteiger charge is -2.32. The molecule has 0 aromatic heterocycles. The van der Waals surface area contributed by atoms with Crippen LogP contribution in [0.15, 0.2) is 0 Å². The molecule has 1 rings (SSSR count). The molecule has 1 heterocycles. The smallest absolute Gasteiger partial charge is 0.0678 e. The summed E-state index contributed by atoms with van der Waals surface area (Å²) in [5, 5.41) is 3.33. The van der Waals surface area contributed by atoms with E-state index in [2.05, 4.69) is 33.0 Å². The summed E-state index contributed by atoms with van der Waals surface area (Å²) < 4.78 is 11.3. The lowest BCUT2D eigenvalue weighted by Crippen LogP contribution is -2.45. The first-order valence-electron chi connectivity index (χ1n) is 5.69. The fourth-order valence-electron chi connectivity index (χ4n) is 2.81. The van der Waals surface area contributed by atoms with Crippen molar-refractivity contribution in [3.63, 3.8) is 0 Å². The van der Waals surface area contributed by atoms with Gasteiger partial charge in [-0.05, 0) is 41.2 Å². The van der Waals surface area contributed by atoms with Gasteiger partial charge in [-0.25, -0.2) is 0 Å². The van der Waals surface area contributed by atoms with Crippen LogP contribution in [0.4, 0.5) is 0 Å². The molecule has 0 saturated carbocycles. The van der Waals surface area contributed by atoms with Gasteiger partial charge in [0.25, 0.3) is 0 Å². The average molecular weight is 215 g/mol. The first-order chi connectivity index (χ1) is 6.82. The van der Waals surface area contributed by atoms with Crippen molar-refractivity contribution in [1.29, 1.82) is 0 Å². The first-order valence-corrected chi connectivity index (χ1v) is 5.69. The fraction of sp³-hybridized carbons (Fsp3) is 1.00. The van der Waals surface area contributed by atoms with Crippen LogP contribution in [0.3, 0.4) is 0 Å². The van der Waals surface area contributed by atoms with E-state index in [0.29, 0.717) is 12.0 Å². The van der Waals surface area contributed by atoms with Gasteiger partial charge < -0.3 is 14.8 Å². The number of ether oxygens (including phenoxy) is 2. The third kappa shape index (κ3) is 2.92. The van der Waals surface area contributed by atoms with Crippen LogP contribution in [0.1, 0.15) is 34.1 Å². The molecule has 0 radical (unpaired) electrons. The summed E-state index contributed by atoms with van der Waals surface area (Å²) >= 11 is 0. The van der Waals surface area contributed by atoms with Crippen LogP contribution < -0.4 is 5.32 Å². The van der Waals surface area contributed by atoms with Crippen LogP contribution in [0.2, 0.25) is 0 Å². The number of nitrogens with one attached hydrogen (secondary N) is 1. The second-order valence-corrected chi connectivity index (χ2v) is 5.63. The molecule has 1 saturated heterocycles. The third-order valence-electron chi connectivity index (χ3n) is 3.35. The third-order valence-corrected chi connectivity index (χ3v) is 3.35. The topological polar surface area (TPSA) is 30.5 Å². The van der Waals surface area contributed by atoms with Gasteiger partial charge in [0, 0.05) is 19.1 Å². The second kappa shape index (κ2) is 4.40. The predicted octanol–water partition coefficient (Wildman–Crippen LogP) is 1.81. The molecule has 0 bridgehead atoms. The highest BCUT2D eigenvalue weighted by Crippen LogP contribution is 2.43. The first kappa shape index (κ1) is 12.9. The lowest BCUT2D eigenvalue weighted by atomic mass is 9.82. The summed E-state index contributed by atoms with van der Waals surface area (Å²) in [4.78, 5) is 0. The van der Waals surface area contributed by atoms with Crippen molar-refractivity contribution in [2.75, 3.05) is 20.8 Å². The molecule has 0 aromatic rings. The van der Waals surface area contributed by atoms with Crippen molar-refractivity contribution >= 4 is 0 Å². The number of methoxy groups -OCH3 is 1. The van der Waals surface area contributed by atoms with Gasteiger partial charge in [-0.3, -0.25) is 0 Å². The molecule has 0 aromatic carbocycles. The van der Waals surface area contributed by atoms with Crippen LogP contribution in [-0.2, 0) is 9.47 Å². The molecule has 90 valence electrons. The van der Waals surface area contributed by atoms with Gasteiger partial charge in [0.1, 0.15) is 0 Å². The van der Waals surface area contributed by atoms with E-state index in [-0.39, 0.29) is 11.2 Å². The van der Waals surface area contributed by atoms with E-state index in [0.717, 1.165) is 13.0 Å². The standard InChI is InChI=1S/C12H25NO2/c1-11(2)7-9(12(3,4)15-11)10(13-5)8-14-6/h9-10,13H,7-8H2,1-6H3. The van der Waals surface area contributed by atoms with Gasteiger partial charge in [-0.1, -0.05) is 0 Å². The summed E-state index contributed by atoms with van der Waals surface area (Å²) in [6.45, 7) is 9.41. The van der Waals surface area contributed by atoms with Crippen LogP contribution in [-0.4, -0.2) is 38.0 Å². The molecule has 1 fully saturated rings. The molecule has 0 aliphatic carbocycles. The van der Waals surface area contributed by atoms with Crippen molar-refractivity contribution < 1.29 is 9.47 Å². The van der Waals surface area contributed by atoms with Crippen molar-refractivity contribution in [3.05, 3.63) is 0 Å². The normalized spacial score (nSPS) is 30.4. The summed E-state index contributed by atoms with van der Waals surface area (Å²) in [6, 6.07) is 0.367. The van der Waals surface area contributed by atoms with E-state index in [1.807, 2.05) is 7.05 Å². The van der Waals surface area contributed by atoms with Crippen LogP contribution in [0, 0.1) is 5.92 Å². The van der Waals surface area contributed by atoms with Gasteiger partial charge >= 0.3 is 0 Å². The maximum Gasteiger partial charge on any atom is 0.0678 e. The number of hydrogen-bond acceptors (Lipinski definition) is 3. The quantitative estimate of drug-likeness (QED) is 0.776. The minimum absolute atomic E-state index is 0.0169. The summed E-state index contributed by atoms with van der Waals surface area (Å²) in [5.74, 6) is 0.498. The Kier molecular flexibility index (Phi) is 3.80. The molecule has 3 nitrogen and oxygen atoms in total. The summed E-state index contributed by atoms with van der Waals surface area (Å²) in [5.41, 5.74) is -0.0906. The zero-order valence-electron chi connectivity index (χ0n) is 10.9. The Morgan fingerprint density at radius 2 is 2.00 bits per heavy atom. The summed E-state index contributed by atoms with van der Waals surface area (Å²) in [6.07, 6.45) is 1.08. The number of rotatable bonds is 4. The van der Waals surface area contributed by atoms with E-state index in [4.69, 9.17) is 9.47 Å². The number of hydrogen-bond donors (Lipinski definition) is 1. The Hall–Kier alpha value is -0.120. The van der Waals surface area contributed by atoms with E-state index < -0.39 is 0 Å². The van der Waals surface area contributed by atoms with Gasteiger partial charge in [0.2, 0.25) is 0 Å². The van der Waals surface area contributed by atoms with Crippen LogP contribution in [0.25, 0.3) is 0 Å². The van der Waals surface area contributed by atoms with Gasteiger partial charge in [-0.15, -0.1) is 0 Å². The van der Waals surface area contributed by atoms with Gasteiger partial charge in [0.05, 0.1) is 17.8 Å². The zero-order valence-corrected chi connectivity index (χ0v) is 10.9. The molecule has 3 heteroatoms. The molecule has 2 unspecified atom stereocenters. The largest absolute Gasteiger partial charge is 0.383 e. The van der Waals surface area contributed by atoms with Crippen molar-refractivity contribution in [2.45, 2.75) is 51.4 Å². The molecule has 0 amide bonds. The van der Waals surface area contributed by atoms with Crippen molar-refractivity contribution in [3.8, 4) is 0 Å². The number of likely N-dealkylation sites (N-methyl/N-ethyl adjacent to an activating group) is 1. The zero-order chi connectivity index (χ0) is 11.7. The molecule has 1 aliphatic rings. The minimum Gasteiger partial charge on any atom is -0.383 e. The fourth-order valence-corrected chi connectivity index (χ4v) is 2.81. The highest BCUT2D eigenvalue weighted by atomic mass is 16.5. The molecule has 15 heavy (non-hydrogen) atoms. The lowest BCUT2D eigenvalue weighted by molar-refractivity contribution is -0.0795. The molecule has 1 N–H and O–H groups in total. The van der Waals surface area contributed by atoms with Gasteiger partial charge in [0.15, 0.2) is 0 Å². The van der Waals surface area contributed by atoms with Crippen molar-refractivity contribution in [2.24, 2.45) is 5.92 Å². The Morgan fingerprint density at radius 1 is 1.40 bits per heavy atom. The van der Waals surface area contributed by atoms with Gasteiger partial charge in [-0.2, -0.15) is 0 Å². The van der Waals surface area contributed by atoms with E-state index >= 15 is 0 Å². The molecular weight excluding hydrogens is 190 g/mol. The molecule has 0 spiro atoms. The Morgan fingerprint density at radius 3 is 2.33 bits per heavy atom. The maximum atomic E-state index is 6.08. The molecule has 1 aliphatic heterocycles. The van der Waals surface area contributed by atoms with E-state index in [1.54, 1.807) is 7.11 Å². The highest BCUT2D eigenvalue weighted by Gasteiger charge is 2.48. The molecule has 2 atom stereocenters. The highest BCUT2D eigenvalue weighted by molar-refractivity contribution is 4.99. The van der Waals surface area contributed by atoms with E-state index in [9.17, 15) is 0 Å². The Bertz CT molecular complexity index is 214. The monoisotopic (exact) mass is 215 g/mol. The Labute approximate surface area is 93.5 Å². The average Bonchev–Trinajstić information content (AvgIpc) is 2.30. The van der Waals surface area contributed by atoms with Crippen LogP contribution in [0.5, 0.6) is 0 Å². The van der Waals surface area contributed by atoms with Crippen LogP contribution >= 0.6 is 0 Å². The van der Waals surface area contributed by atoms with Crippen molar-refractivity contribution in [1.82, 2.24) is 5.32 Å². The minimum atomic E-state index is -0.0737. The van der Waals surface area contributed by atoms with E-state index in [1.165, 1.54) is 0 Å². The SMILES string of the molecule is CNC(COC)C1CC(C)(C)OC1(C)C. The molecular formula is C12H25NO2. The summed E-state index contributed by atoms with van der Waals surface area (Å²) in [7, 11) is 3.74. The predicted molar refractivity (Wildman–Crippen MR) is 62.1 cm³/mol. The Balaban J connectivity index is 2.75. The maximum absolute atomic E-state index is 6.08.